The molecule has 0 atom stereocenters. The number of likely N-dealkylation sites (N-methyl/N-ethyl adjacent to an activating group) is 1. The molecule has 2 heterocycles. The molecule has 0 fully saturated rings. The van der Waals surface area contributed by atoms with Crippen molar-refractivity contribution in [1.29, 1.82) is 0 Å². The molecule has 0 spiro atoms. The molecule has 0 radical (unpaired) electrons. The minimum atomic E-state index is -0.535. The van der Waals surface area contributed by atoms with Crippen LogP contribution in [0.1, 0.15) is 5.69 Å². The molecule has 0 unspecified atom stereocenters. The number of allylic oxidation sites excluding steroid dienone is 1. The molecule has 0 bridgehead atoms. The van der Waals surface area contributed by atoms with Crippen LogP contribution in [0.15, 0.2) is 45.8 Å². The zero-order valence-electron chi connectivity index (χ0n) is 11.8. The summed E-state index contributed by atoms with van der Waals surface area (Å²) in [7, 11) is 1.73. The van der Waals surface area contributed by atoms with Crippen LogP contribution < -0.4 is 5.32 Å². The van der Waals surface area contributed by atoms with Crippen LogP contribution in [0.25, 0.3) is 0 Å². The Morgan fingerprint density at radius 1 is 1.39 bits per heavy atom. The molecule has 1 aliphatic heterocycles. The third-order valence-corrected chi connectivity index (χ3v) is 4.55. The highest BCUT2D eigenvalue weighted by Crippen LogP contribution is 2.25. The molecule has 23 heavy (non-hydrogen) atoms. The molecule has 1 aliphatic rings. The summed E-state index contributed by atoms with van der Waals surface area (Å²) in [4.78, 5) is 12.4. The minimum Gasteiger partial charge on any atom is -0.321 e. The molecule has 1 aromatic carbocycles. The summed E-state index contributed by atoms with van der Waals surface area (Å²) in [5, 5.41) is 4.48. The molecule has 118 valence electrons. The van der Waals surface area contributed by atoms with Crippen molar-refractivity contribution in [1.82, 2.24) is 8.68 Å². The Kier molecular flexibility index (Phi) is 4.65. The lowest BCUT2D eigenvalue weighted by atomic mass is 10.2. The lowest BCUT2D eigenvalue weighted by Crippen LogP contribution is -2.26. The summed E-state index contributed by atoms with van der Waals surface area (Å²) < 4.78 is 23.3. The summed E-state index contributed by atoms with van der Waals surface area (Å²) in [6, 6.07) is 5.85. The molecule has 9 heteroatoms. The number of hydrogen-bond donors (Lipinski definition) is 1. The van der Waals surface area contributed by atoms with Crippen molar-refractivity contribution in [3.63, 3.8) is 0 Å². The Morgan fingerprint density at radius 2 is 2.22 bits per heavy atom. The number of carbonyl (C=O) groups is 1. The van der Waals surface area contributed by atoms with Crippen molar-refractivity contribution < 1.29 is 9.18 Å². The first kappa shape index (κ1) is 16.0. The van der Waals surface area contributed by atoms with Gasteiger partial charge in [0.1, 0.15) is 22.9 Å². The first-order valence-corrected chi connectivity index (χ1v) is 8.37. The fraction of sp³-hybridized carbons (Fsp3) is 0.0714. The van der Waals surface area contributed by atoms with E-state index >= 15 is 0 Å². The predicted octanol–water partition coefficient (Wildman–Crippen LogP) is 3.76. The third kappa shape index (κ3) is 3.54. The topological polar surface area (TPSA) is 57.6 Å². The van der Waals surface area contributed by atoms with Gasteiger partial charge in [-0.25, -0.2) is 4.39 Å². The number of amides is 1. The lowest BCUT2D eigenvalue weighted by molar-refractivity contribution is -0.113. The molecular formula is C14H10ClFN4OS2. The van der Waals surface area contributed by atoms with Gasteiger partial charge in [-0.2, -0.15) is 8.77 Å². The number of hydrogen-bond acceptors (Lipinski definition) is 6. The maximum Gasteiger partial charge on any atom is 0.272 e. The van der Waals surface area contributed by atoms with Crippen molar-refractivity contribution in [2.24, 2.45) is 4.40 Å². The van der Waals surface area contributed by atoms with Gasteiger partial charge in [0.2, 0.25) is 0 Å². The monoisotopic (exact) mass is 368 g/mol. The first-order chi connectivity index (χ1) is 11.0. The maximum atomic E-state index is 13.2. The van der Waals surface area contributed by atoms with E-state index in [1.807, 2.05) is 11.4 Å². The van der Waals surface area contributed by atoms with Crippen molar-refractivity contribution in [2.45, 2.75) is 0 Å². The Balaban J connectivity index is 1.82. The average Bonchev–Trinajstić information content (AvgIpc) is 3.06. The molecule has 2 aromatic rings. The Morgan fingerprint density at radius 3 is 2.91 bits per heavy atom. The second kappa shape index (κ2) is 6.69. The maximum absolute atomic E-state index is 13.2. The van der Waals surface area contributed by atoms with E-state index in [1.54, 1.807) is 17.4 Å². The Labute approximate surface area is 145 Å². The number of carbonyl (C=O) groups excluding carboxylic acids is 1. The van der Waals surface area contributed by atoms with E-state index in [1.165, 1.54) is 29.7 Å². The summed E-state index contributed by atoms with van der Waals surface area (Å²) in [5.41, 5.74) is 2.16. The van der Waals surface area contributed by atoms with Gasteiger partial charge in [-0.05, 0) is 41.9 Å². The van der Waals surface area contributed by atoms with Crippen LogP contribution in [0.4, 0.5) is 10.1 Å². The molecule has 1 aromatic heterocycles. The molecular weight excluding hydrogens is 359 g/mol. The van der Waals surface area contributed by atoms with Gasteiger partial charge in [0.25, 0.3) is 5.91 Å². The van der Waals surface area contributed by atoms with Crippen LogP contribution in [-0.2, 0) is 4.79 Å². The molecule has 1 N–H and O–H groups in total. The highest BCUT2D eigenvalue weighted by molar-refractivity contribution is 7.96. The fourth-order valence-corrected chi connectivity index (χ4v) is 3.12. The van der Waals surface area contributed by atoms with Gasteiger partial charge in [-0.1, -0.05) is 11.6 Å². The third-order valence-electron chi connectivity index (χ3n) is 2.98. The molecule has 3 rings (SSSR count). The number of nitrogens with one attached hydrogen (secondary N) is 1. The van der Waals surface area contributed by atoms with Crippen LogP contribution in [0.5, 0.6) is 0 Å². The second-order valence-corrected chi connectivity index (χ2v) is 6.52. The van der Waals surface area contributed by atoms with Gasteiger partial charge in [0, 0.05) is 18.1 Å². The highest BCUT2D eigenvalue weighted by Gasteiger charge is 2.21. The van der Waals surface area contributed by atoms with Crippen molar-refractivity contribution in [2.75, 3.05) is 12.4 Å². The second-order valence-electron chi connectivity index (χ2n) is 4.55. The van der Waals surface area contributed by atoms with Crippen molar-refractivity contribution in [3.8, 4) is 0 Å². The standard InChI is InChI=1S/C14H10ClFN4OS2/c1-20-13(7-12(19-23-20)11-4-5-22-18-11)14(21)17-8-2-3-10(16)9(15)6-8/h2-7H,1H3,(H,17,21). The number of halogens is 2. The number of rotatable bonds is 3. The van der Waals surface area contributed by atoms with Gasteiger partial charge in [0.05, 0.1) is 17.2 Å². The molecule has 5 nitrogen and oxygen atoms in total. The Hall–Kier alpha value is -1.90. The molecule has 1 amide bonds. The Bertz CT molecular complexity index is 807. The van der Waals surface area contributed by atoms with Gasteiger partial charge < -0.3 is 5.32 Å². The zero-order valence-corrected chi connectivity index (χ0v) is 14.2. The van der Waals surface area contributed by atoms with E-state index in [2.05, 4.69) is 14.1 Å². The predicted molar refractivity (Wildman–Crippen MR) is 92.1 cm³/mol. The zero-order chi connectivity index (χ0) is 16.4. The largest absolute Gasteiger partial charge is 0.321 e. The van der Waals surface area contributed by atoms with Gasteiger partial charge in [0.15, 0.2) is 0 Å². The van der Waals surface area contributed by atoms with E-state index < -0.39 is 5.82 Å². The molecule has 0 saturated heterocycles. The van der Waals surface area contributed by atoms with E-state index in [-0.39, 0.29) is 10.9 Å². The van der Waals surface area contributed by atoms with Gasteiger partial charge in [-0.15, -0.1) is 0 Å². The van der Waals surface area contributed by atoms with Crippen LogP contribution in [0.3, 0.4) is 0 Å². The summed E-state index contributed by atoms with van der Waals surface area (Å²) in [5.74, 6) is -0.877. The summed E-state index contributed by atoms with van der Waals surface area (Å²) >= 11 is 8.18. The SMILES string of the molecule is CN1SN=C(c2ccsn2)C=C1C(=O)Nc1ccc(F)c(Cl)c1. The van der Waals surface area contributed by atoms with E-state index in [0.717, 1.165) is 12.1 Å². The number of nitrogens with zero attached hydrogens (tertiary/aromatic N) is 3. The lowest BCUT2D eigenvalue weighted by Gasteiger charge is -2.22. The number of aromatic nitrogens is 1. The van der Waals surface area contributed by atoms with Gasteiger partial charge >= 0.3 is 0 Å². The molecule has 0 aliphatic carbocycles. The van der Waals surface area contributed by atoms with E-state index in [4.69, 9.17) is 11.6 Å². The fourth-order valence-electron chi connectivity index (χ4n) is 1.84. The minimum absolute atomic E-state index is 0.0483. The average molecular weight is 369 g/mol. The molecule has 0 saturated carbocycles. The normalized spacial score (nSPS) is 14.3. The van der Waals surface area contributed by atoms with Gasteiger partial charge in [-0.3, -0.25) is 9.10 Å². The number of benzene rings is 1. The quantitative estimate of drug-likeness (QED) is 0.838. The van der Waals surface area contributed by atoms with Crippen molar-refractivity contribution >= 4 is 52.6 Å². The van der Waals surface area contributed by atoms with E-state index in [0.29, 0.717) is 22.8 Å². The van der Waals surface area contributed by atoms with Crippen LogP contribution >= 0.6 is 35.3 Å². The summed E-state index contributed by atoms with van der Waals surface area (Å²) in [6.45, 7) is 0. The van der Waals surface area contributed by atoms with Crippen LogP contribution in [-0.4, -0.2) is 27.3 Å². The van der Waals surface area contributed by atoms with Crippen LogP contribution in [0.2, 0.25) is 5.02 Å². The first-order valence-electron chi connectivity index (χ1n) is 6.42. The smallest absolute Gasteiger partial charge is 0.272 e. The number of anilines is 1. The van der Waals surface area contributed by atoms with E-state index in [9.17, 15) is 9.18 Å². The highest BCUT2D eigenvalue weighted by atomic mass is 35.5. The van der Waals surface area contributed by atoms with Crippen LogP contribution in [0, 0.1) is 5.82 Å². The summed E-state index contributed by atoms with van der Waals surface area (Å²) in [6.07, 6.45) is 1.66. The van der Waals surface area contributed by atoms with Crippen molar-refractivity contribution in [3.05, 3.63) is 58.0 Å².